The summed E-state index contributed by atoms with van der Waals surface area (Å²) in [6.45, 7) is 2.25. The van der Waals surface area contributed by atoms with E-state index in [1.807, 2.05) is 7.11 Å². The highest BCUT2D eigenvalue weighted by molar-refractivity contribution is 7.82. The largest absolute Gasteiger partial charge is 0.360 e. The van der Waals surface area contributed by atoms with Crippen LogP contribution in [0, 0.1) is 0 Å². The molecule has 0 fully saturated rings. The smallest absolute Gasteiger partial charge is 0.0434 e. The van der Waals surface area contributed by atoms with Gasteiger partial charge in [-0.15, -0.1) is 0 Å². The maximum absolute atomic E-state index is 6.41. The lowest BCUT2D eigenvalue weighted by Crippen LogP contribution is -2.11. The first-order valence-electron chi connectivity index (χ1n) is 9.70. The minimum absolute atomic E-state index is 0.965. The lowest BCUT2D eigenvalue weighted by Gasteiger charge is -2.33. The number of hydrogen-bond donors (Lipinski definition) is 0. The van der Waals surface area contributed by atoms with E-state index in [0.29, 0.717) is 0 Å². The van der Waals surface area contributed by atoms with E-state index in [9.17, 15) is 0 Å². The zero-order valence-corrected chi connectivity index (χ0v) is 17.3. The quantitative estimate of drug-likeness (QED) is 0.433. The first-order chi connectivity index (χ1) is 13.8. The number of allylic oxidation sites excluding steroid dienone is 3. The molecule has 1 nitrogen and oxygen atoms in total. The molecule has 0 aromatic heterocycles. The van der Waals surface area contributed by atoms with E-state index in [1.54, 1.807) is 0 Å². The molecule has 0 saturated carbocycles. The topological polar surface area (TPSA) is 9.23 Å². The SMILES string of the molecule is CCP1(OC)=C(c2ccccc2)C=C(c2ccccc2)C=C1c1ccccc1. The Balaban J connectivity index is 2.06. The summed E-state index contributed by atoms with van der Waals surface area (Å²) in [7, 11) is -0.0992. The standard InChI is InChI=1S/C26H25OP/c1-3-28(27-2)25(22-15-9-5-10-16-22)19-24(21-13-7-4-8-14-21)20-26(28)23-17-11-6-12-18-23/h4-20H,3H2,1-2H3. The summed E-state index contributed by atoms with van der Waals surface area (Å²) in [4.78, 5) is 0. The van der Waals surface area contributed by atoms with E-state index in [4.69, 9.17) is 4.52 Å². The molecule has 4 rings (SSSR count). The molecule has 0 bridgehead atoms. The Kier molecular flexibility index (Phi) is 5.48. The zero-order chi connectivity index (χ0) is 19.4. The number of hydrogen-bond acceptors (Lipinski definition) is 1. The van der Waals surface area contributed by atoms with Crippen LogP contribution in [-0.4, -0.2) is 18.6 Å². The molecule has 0 spiro atoms. The van der Waals surface area contributed by atoms with E-state index >= 15 is 0 Å². The van der Waals surface area contributed by atoms with E-state index in [0.717, 1.165) is 6.16 Å². The maximum Gasteiger partial charge on any atom is 0.0434 e. The summed E-state index contributed by atoms with van der Waals surface area (Å²) >= 11 is 0. The molecular formula is C26H25OP. The van der Waals surface area contributed by atoms with Crippen molar-refractivity contribution in [2.45, 2.75) is 6.92 Å². The Labute approximate surface area is 168 Å². The summed E-state index contributed by atoms with van der Waals surface area (Å²) < 4.78 is 6.41. The Hall–Kier alpha value is -2.60. The number of rotatable bonds is 5. The highest BCUT2D eigenvalue weighted by atomic mass is 31.2. The third-order valence-corrected chi connectivity index (χ3v) is 9.21. The van der Waals surface area contributed by atoms with Gasteiger partial charge < -0.3 is 4.52 Å². The van der Waals surface area contributed by atoms with Crippen molar-refractivity contribution >= 4 is 23.3 Å². The van der Waals surface area contributed by atoms with Crippen molar-refractivity contribution in [3.63, 3.8) is 0 Å². The number of benzene rings is 3. The first kappa shape index (κ1) is 18.7. The van der Waals surface area contributed by atoms with Crippen LogP contribution in [0.5, 0.6) is 0 Å². The monoisotopic (exact) mass is 384 g/mol. The lowest BCUT2D eigenvalue weighted by molar-refractivity contribution is 0.465. The summed E-state index contributed by atoms with van der Waals surface area (Å²) in [6.07, 6.45) is 5.66. The highest BCUT2D eigenvalue weighted by Gasteiger charge is 2.30. The van der Waals surface area contributed by atoms with Gasteiger partial charge in [-0.1, -0.05) is 97.9 Å². The van der Waals surface area contributed by atoms with Crippen LogP contribution in [0.25, 0.3) is 10.9 Å². The van der Waals surface area contributed by atoms with E-state index < -0.39 is 7.11 Å². The van der Waals surface area contributed by atoms with E-state index in [1.165, 1.54) is 32.9 Å². The van der Waals surface area contributed by atoms with Crippen LogP contribution in [0.2, 0.25) is 0 Å². The van der Waals surface area contributed by atoms with Crippen LogP contribution in [0.1, 0.15) is 23.6 Å². The zero-order valence-electron chi connectivity index (χ0n) is 16.4. The molecule has 0 aliphatic carbocycles. The normalized spacial score (nSPS) is 19.1. The predicted octanol–water partition coefficient (Wildman–Crippen LogP) is 6.94. The molecule has 140 valence electrons. The molecule has 1 unspecified atom stereocenters. The van der Waals surface area contributed by atoms with Crippen molar-refractivity contribution in [1.29, 1.82) is 0 Å². The van der Waals surface area contributed by atoms with Gasteiger partial charge in [-0.25, -0.2) is 0 Å². The molecule has 0 amide bonds. The second-order valence-electron chi connectivity index (χ2n) is 6.85. The third-order valence-electron chi connectivity index (χ3n) is 5.37. The Morgan fingerprint density at radius 3 is 1.64 bits per heavy atom. The second kappa shape index (κ2) is 8.19. The molecule has 28 heavy (non-hydrogen) atoms. The van der Waals surface area contributed by atoms with Crippen molar-refractivity contribution in [3.8, 4) is 0 Å². The molecule has 1 aliphatic rings. The minimum Gasteiger partial charge on any atom is -0.360 e. The fourth-order valence-electron chi connectivity index (χ4n) is 3.94. The molecule has 1 aliphatic heterocycles. The van der Waals surface area contributed by atoms with Crippen molar-refractivity contribution in [1.82, 2.24) is 0 Å². The molecule has 1 heterocycles. The van der Waals surface area contributed by atoms with Crippen LogP contribution in [0.4, 0.5) is 0 Å². The highest BCUT2D eigenvalue weighted by Crippen LogP contribution is 2.64. The van der Waals surface area contributed by atoms with Gasteiger partial charge >= 0.3 is 0 Å². The maximum atomic E-state index is 6.41. The van der Waals surface area contributed by atoms with Crippen LogP contribution in [0.15, 0.2) is 103 Å². The van der Waals surface area contributed by atoms with Crippen molar-refractivity contribution in [2.75, 3.05) is 13.3 Å². The van der Waals surface area contributed by atoms with Crippen molar-refractivity contribution < 1.29 is 4.52 Å². The van der Waals surface area contributed by atoms with Gasteiger partial charge in [-0.05, 0) is 40.6 Å². The molecule has 0 N–H and O–H groups in total. The lowest BCUT2D eigenvalue weighted by atomic mass is 10.0. The van der Waals surface area contributed by atoms with Gasteiger partial charge in [0.1, 0.15) is 0 Å². The molecular weight excluding hydrogens is 359 g/mol. The van der Waals surface area contributed by atoms with Crippen LogP contribution in [-0.2, 0) is 4.52 Å². The predicted molar refractivity (Wildman–Crippen MR) is 124 cm³/mol. The molecule has 3 aromatic carbocycles. The Morgan fingerprint density at radius 2 is 1.14 bits per heavy atom. The van der Waals surface area contributed by atoms with E-state index in [2.05, 4.69) is 110 Å². The van der Waals surface area contributed by atoms with E-state index in [-0.39, 0.29) is 0 Å². The minimum atomic E-state index is -1.97. The van der Waals surface area contributed by atoms with Gasteiger partial charge in [-0.3, -0.25) is 0 Å². The van der Waals surface area contributed by atoms with Crippen LogP contribution in [0.3, 0.4) is 0 Å². The van der Waals surface area contributed by atoms with Crippen LogP contribution >= 0.6 is 7.11 Å². The van der Waals surface area contributed by atoms with Gasteiger partial charge in [0, 0.05) is 24.8 Å². The Bertz CT molecular complexity index is 1050. The molecule has 3 aromatic rings. The van der Waals surface area contributed by atoms with Gasteiger partial charge in [-0.2, -0.15) is 0 Å². The summed E-state index contributed by atoms with van der Waals surface area (Å²) in [6, 6.07) is 32.0. The van der Waals surface area contributed by atoms with Gasteiger partial charge in [0.05, 0.1) is 0 Å². The van der Waals surface area contributed by atoms with Crippen molar-refractivity contribution in [3.05, 3.63) is 120 Å². The average molecular weight is 384 g/mol. The fraction of sp³-hybridized carbons (Fsp3) is 0.115. The van der Waals surface area contributed by atoms with Crippen molar-refractivity contribution in [2.24, 2.45) is 0 Å². The summed E-state index contributed by atoms with van der Waals surface area (Å²) in [5, 5.41) is 2.64. The fourth-order valence-corrected chi connectivity index (χ4v) is 7.36. The third kappa shape index (κ3) is 3.33. The summed E-state index contributed by atoms with van der Waals surface area (Å²) in [5.74, 6) is 0. The van der Waals surface area contributed by atoms with Gasteiger partial charge in [0.15, 0.2) is 0 Å². The Morgan fingerprint density at radius 1 is 0.643 bits per heavy atom. The average Bonchev–Trinajstić information content (AvgIpc) is 2.80. The summed E-state index contributed by atoms with van der Waals surface area (Å²) in [5.41, 5.74) is 4.96. The molecule has 0 radical (unpaired) electrons. The molecule has 0 saturated heterocycles. The molecule has 2 heteroatoms. The van der Waals surface area contributed by atoms with Crippen LogP contribution < -0.4 is 0 Å². The van der Waals surface area contributed by atoms with Gasteiger partial charge in [0.25, 0.3) is 0 Å². The second-order valence-corrected chi connectivity index (χ2v) is 10.3. The van der Waals surface area contributed by atoms with Gasteiger partial charge in [0.2, 0.25) is 0 Å². The first-order valence-corrected chi connectivity index (χ1v) is 11.6. The molecule has 1 atom stereocenters.